The largest absolute Gasteiger partial charge is 0.497 e. The molecule has 7 nitrogen and oxygen atoms in total. The van der Waals surface area contributed by atoms with E-state index in [1.165, 1.54) is 18.4 Å². The van der Waals surface area contributed by atoms with E-state index >= 15 is 0 Å². The van der Waals surface area contributed by atoms with Crippen molar-refractivity contribution in [2.75, 3.05) is 20.8 Å². The zero-order chi connectivity index (χ0) is 18.5. The molecule has 136 valence electrons. The molecule has 3 aromatic rings. The molecular weight excluding hydrogens is 354 g/mol. The topological polar surface area (TPSA) is 81.9 Å². The number of imidazole rings is 1. The molecule has 0 aliphatic carbocycles. The molecule has 0 saturated heterocycles. The maximum Gasteiger partial charge on any atom is 0.305 e. The number of carbonyl (C=O) groups excluding carboxylic acids is 2. The molecular formula is C18H19N3O4S. The van der Waals surface area contributed by atoms with Crippen molar-refractivity contribution in [2.45, 2.75) is 12.8 Å². The predicted molar refractivity (Wildman–Crippen MR) is 98.6 cm³/mol. The molecule has 26 heavy (non-hydrogen) atoms. The monoisotopic (exact) mass is 373 g/mol. The Balaban J connectivity index is 1.73. The normalized spacial score (nSPS) is 10.7. The van der Waals surface area contributed by atoms with Gasteiger partial charge in [0.25, 0.3) is 5.91 Å². The summed E-state index contributed by atoms with van der Waals surface area (Å²) in [5.74, 6) is 0.271. The van der Waals surface area contributed by atoms with Crippen LogP contribution in [0.1, 0.15) is 23.3 Å². The first-order chi connectivity index (χ1) is 12.6. The third kappa shape index (κ3) is 3.85. The highest BCUT2D eigenvalue weighted by Gasteiger charge is 2.15. The summed E-state index contributed by atoms with van der Waals surface area (Å²) in [4.78, 5) is 28.8. The van der Waals surface area contributed by atoms with E-state index in [9.17, 15) is 9.59 Å². The number of hydrogen-bond donors (Lipinski definition) is 1. The van der Waals surface area contributed by atoms with E-state index in [2.05, 4.69) is 15.0 Å². The van der Waals surface area contributed by atoms with Gasteiger partial charge in [-0.05, 0) is 18.6 Å². The third-order valence-electron chi connectivity index (χ3n) is 3.88. The lowest BCUT2D eigenvalue weighted by Gasteiger charge is -2.04. The molecule has 0 unspecified atom stereocenters. The number of hydrogen-bond acceptors (Lipinski definition) is 6. The Labute approximate surface area is 154 Å². The maximum absolute atomic E-state index is 12.4. The van der Waals surface area contributed by atoms with Gasteiger partial charge in [0.05, 0.1) is 19.9 Å². The number of benzene rings is 1. The minimum Gasteiger partial charge on any atom is -0.497 e. The molecule has 0 radical (unpaired) electrons. The minimum atomic E-state index is -0.283. The van der Waals surface area contributed by atoms with Crippen LogP contribution in [0.25, 0.3) is 16.2 Å². The summed E-state index contributed by atoms with van der Waals surface area (Å²) in [5, 5.41) is 4.59. The zero-order valence-electron chi connectivity index (χ0n) is 14.5. The Morgan fingerprint density at radius 1 is 1.31 bits per heavy atom. The number of thiazole rings is 1. The standard InChI is InChI=1S/C18H19N3O4S/c1-24-13-6-3-5-12(9-13)14-10-21-15(11-26-18(21)20-14)17(23)19-8-4-7-16(22)25-2/h3,5-6,9-11H,4,7-8H2,1-2H3,(H,19,23). The van der Waals surface area contributed by atoms with Gasteiger partial charge in [-0.3, -0.25) is 14.0 Å². The number of carbonyl (C=O) groups is 2. The van der Waals surface area contributed by atoms with Gasteiger partial charge < -0.3 is 14.8 Å². The van der Waals surface area contributed by atoms with Crippen molar-refractivity contribution < 1.29 is 19.1 Å². The minimum absolute atomic E-state index is 0.198. The quantitative estimate of drug-likeness (QED) is 0.509. The highest BCUT2D eigenvalue weighted by atomic mass is 32.1. The van der Waals surface area contributed by atoms with Crippen molar-refractivity contribution in [3.05, 3.63) is 41.5 Å². The number of methoxy groups -OCH3 is 2. The van der Waals surface area contributed by atoms with E-state index in [-0.39, 0.29) is 18.3 Å². The van der Waals surface area contributed by atoms with Crippen LogP contribution in [-0.4, -0.2) is 42.0 Å². The number of ether oxygens (including phenoxy) is 2. The van der Waals surface area contributed by atoms with Crippen LogP contribution in [0.5, 0.6) is 5.75 Å². The zero-order valence-corrected chi connectivity index (χ0v) is 15.3. The molecule has 2 aromatic heterocycles. The number of fused-ring (bicyclic) bond motifs is 1. The van der Waals surface area contributed by atoms with Gasteiger partial charge in [0.2, 0.25) is 0 Å². The first kappa shape index (κ1) is 17.9. The van der Waals surface area contributed by atoms with Crippen LogP contribution in [0, 0.1) is 0 Å². The summed E-state index contributed by atoms with van der Waals surface area (Å²) < 4.78 is 11.6. The van der Waals surface area contributed by atoms with Crippen molar-refractivity contribution in [3.63, 3.8) is 0 Å². The van der Waals surface area contributed by atoms with Gasteiger partial charge in [-0.2, -0.15) is 0 Å². The van der Waals surface area contributed by atoms with Crippen LogP contribution in [0.15, 0.2) is 35.8 Å². The summed E-state index contributed by atoms with van der Waals surface area (Å²) >= 11 is 1.40. The van der Waals surface area contributed by atoms with Gasteiger partial charge in [-0.1, -0.05) is 12.1 Å². The van der Waals surface area contributed by atoms with Crippen LogP contribution in [-0.2, 0) is 9.53 Å². The molecule has 0 saturated carbocycles. The van der Waals surface area contributed by atoms with Gasteiger partial charge in [0.1, 0.15) is 11.4 Å². The average Bonchev–Trinajstić information content (AvgIpc) is 3.25. The van der Waals surface area contributed by atoms with E-state index < -0.39 is 0 Å². The highest BCUT2D eigenvalue weighted by molar-refractivity contribution is 7.15. The van der Waals surface area contributed by atoms with Gasteiger partial charge in [0, 0.05) is 30.1 Å². The maximum atomic E-state index is 12.4. The van der Waals surface area contributed by atoms with Gasteiger partial charge in [0.15, 0.2) is 4.96 Å². The first-order valence-electron chi connectivity index (χ1n) is 8.08. The fourth-order valence-corrected chi connectivity index (χ4v) is 3.35. The lowest BCUT2D eigenvalue weighted by atomic mass is 10.1. The molecule has 0 fully saturated rings. The van der Waals surface area contributed by atoms with Crippen LogP contribution < -0.4 is 10.1 Å². The Morgan fingerprint density at radius 3 is 2.92 bits per heavy atom. The van der Waals surface area contributed by atoms with E-state index in [1.54, 1.807) is 16.9 Å². The molecule has 3 rings (SSSR count). The van der Waals surface area contributed by atoms with E-state index in [0.29, 0.717) is 18.7 Å². The first-order valence-corrected chi connectivity index (χ1v) is 8.96. The molecule has 0 atom stereocenters. The average molecular weight is 373 g/mol. The lowest BCUT2D eigenvalue weighted by molar-refractivity contribution is -0.140. The summed E-state index contributed by atoms with van der Waals surface area (Å²) in [7, 11) is 2.97. The van der Waals surface area contributed by atoms with Crippen molar-refractivity contribution in [2.24, 2.45) is 0 Å². The summed E-state index contributed by atoms with van der Waals surface area (Å²) in [5.41, 5.74) is 2.21. The Morgan fingerprint density at radius 2 is 2.15 bits per heavy atom. The number of amides is 1. The summed E-state index contributed by atoms with van der Waals surface area (Å²) in [6.45, 7) is 0.405. The van der Waals surface area contributed by atoms with Crippen molar-refractivity contribution >= 4 is 28.2 Å². The SMILES string of the molecule is COC(=O)CCCNC(=O)c1csc2nc(-c3cccc(OC)c3)cn12. The molecule has 0 spiro atoms. The molecule has 1 N–H and O–H groups in total. The molecule has 0 aliphatic rings. The molecule has 2 heterocycles. The van der Waals surface area contributed by atoms with Gasteiger partial charge >= 0.3 is 5.97 Å². The lowest BCUT2D eigenvalue weighted by Crippen LogP contribution is -2.26. The van der Waals surface area contributed by atoms with Gasteiger partial charge in [-0.25, -0.2) is 4.98 Å². The second-order valence-electron chi connectivity index (χ2n) is 5.57. The third-order valence-corrected chi connectivity index (χ3v) is 4.72. The van der Waals surface area contributed by atoms with Crippen LogP contribution >= 0.6 is 11.3 Å². The van der Waals surface area contributed by atoms with E-state index in [1.807, 2.05) is 30.5 Å². The number of nitrogens with zero attached hydrogens (tertiary/aromatic N) is 2. The highest BCUT2D eigenvalue weighted by Crippen LogP contribution is 2.26. The van der Waals surface area contributed by atoms with E-state index in [0.717, 1.165) is 22.0 Å². The van der Waals surface area contributed by atoms with Crippen molar-refractivity contribution in [3.8, 4) is 17.0 Å². The molecule has 0 aliphatic heterocycles. The fourth-order valence-electron chi connectivity index (χ4n) is 2.50. The Hall–Kier alpha value is -2.87. The Bertz CT molecular complexity index is 932. The second-order valence-corrected chi connectivity index (χ2v) is 6.40. The van der Waals surface area contributed by atoms with Crippen LogP contribution in [0.2, 0.25) is 0 Å². The van der Waals surface area contributed by atoms with Crippen molar-refractivity contribution in [1.82, 2.24) is 14.7 Å². The smallest absolute Gasteiger partial charge is 0.305 e. The van der Waals surface area contributed by atoms with Crippen molar-refractivity contribution in [1.29, 1.82) is 0 Å². The molecule has 1 aromatic carbocycles. The predicted octanol–water partition coefficient (Wildman–Crippen LogP) is 2.75. The molecule has 1 amide bonds. The summed E-state index contributed by atoms with van der Waals surface area (Å²) in [6.07, 6.45) is 2.65. The number of rotatable bonds is 7. The summed E-state index contributed by atoms with van der Waals surface area (Å²) in [6, 6.07) is 7.62. The second kappa shape index (κ2) is 8.01. The number of aromatic nitrogens is 2. The molecule has 0 bridgehead atoms. The Kier molecular flexibility index (Phi) is 5.52. The number of esters is 1. The number of nitrogens with one attached hydrogen (secondary N) is 1. The van der Waals surface area contributed by atoms with Crippen LogP contribution in [0.3, 0.4) is 0 Å². The van der Waals surface area contributed by atoms with Gasteiger partial charge in [-0.15, -0.1) is 11.3 Å². The van der Waals surface area contributed by atoms with Crippen LogP contribution in [0.4, 0.5) is 0 Å². The molecule has 8 heteroatoms. The fraction of sp³-hybridized carbons (Fsp3) is 0.278. The van der Waals surface area contributed by atoms with E-state index in [4.69, 9.17) is 4.74 Å².